The van der Waals surface area contributed by atoms with E-state index in [2.05, 4.69) is 47.4 Å². The molecular formula is C23H29NO2. The van der Waals surface area contributed by atoms with E-state index in [0.717, 1.165) is 38.4 Å². The molecule has 0 amide bonds. The summed E-state index contributed by atoms with van der Waals surface area (Å²) in [5.74, 6) is 0.242. The Balaban J connectivity index is 1.49. The van der Waals surface area contributed by atoms with Crippen LogP contribution < -0.4 is 0 Å². The van der Waals surface area contributed by atoms with Crippen LogP contribution in [-0.2, 0) is 17.6 Å². The molecule has 2 aromatic rings. The topological polar surface area (TPSA) is 40.5 Å². The lowest BCUT2D eigenvalue weighted by molar-refractivity contribution is -0.138. The number of carboxylic acid groups (broad SMARTS) is 1. The van der Waals surface area contributed by atoms with Crippen LogP contribution in [-0.4, -0.2) is 35.6 Å². The molecule has 3 rings (SSSR count). The van der Waals surface area contributed by atoms with Crippen molar-refractivity contribution in [3.63, 3.8) is 0 Å². The highest BCUT2D eigenvalue weighted by Gasteiger charge is 2.23. The van der Waals surface area contributed by atoms with Crippen molar-refractivity contribution in [2.24, 2.45) is 11.8 Å². The summed E-state index contributed by atoms with van der Waals surface area (Å²) in [4.78, 5) is 13.7. The zero-order chi connectivity index (χ0) is 18.2. The van der Waals surface area contributed by atoms with Crippen LogP contribution in [0, 0.1) is 11.8 Å². The van der Waals surface area contributed by atoms with Crippen molar-refractivity contribution >= 4 is 5.97 Å². The van der Waals surface area contributed by atoms with E-state index in [1.807, 2.05) is 18.2 Å². The smallest absolute Gasteiger partial charge is 0.303 e. The van der Waals surface area contributed by atoms with Gasteiger partial charge in [-0.2, -0.15) is 0 Å². The van der Waals surface area contributed by atoms with Gasteiger partial charge in [0.1, 0.15) is 0 Å². The summed E-state index contributed by atoms with van der Waals surface area (Å²) in [7, 11) is 0. The first-order valence-corrected chi connectivity index (χ1v) is 9.71. The zero-order valence-electron chi connectivity index (χ0n) is 15.4. The Morgan fingerprint density at radius 1 is 0.962 bits per heavy atom. The zero-order valence-corrected chi connectivity index (χ0v) is 15.4. The summed E-state index contributed by atoms with van der Waals surface area (Å²) >= 11 is 0. The van der Waals surface area contributed by atoms with Gasteiger partial charge in [0.2, 0.25) is 0 Å². The quantitative estimate of drug-likeness (QED) is 0.772. The Morgan fingerprint density at radius 3 is 2.12 bits per heavy atom. The summed E-state index contributed by atoms with van der Waals surface area (Å²) in [5.41, 5.74) is 2.66. The molecule has 138 valence electrons. The van der Waals surface area contributed by atoms with Gasteiger partial charge in [-0.25, -0.2) is 0 Å². The van der Waals surface area contributed by atoms with Crippen LogP contribution in [0.25, 0.3) is 0 Å². The average molecular weight is 351 g/mol. The molecule has 1 fully saturated rings. The van der Waals surface area contributed by atoms with Gasteiger partial charge in [-0.15, -0.1) is 0 Å². The lowest BCUT2D eigenvalue weighted by Crippen LogP contribution is -2.38. The number of likely N-dealkylation sites (tertiary alicyclic amines) is 1. The number of aliphatic carboxylic acids is 1. The lowest BCUT2D eigenvalue weighted by Gasteiger charge is -2.34. The van der Waals surface area contributed by atoms with E-state index in [0.29, 0.717) is 0 Å². The van der Waals surface area contributed by atoms with Gasteiger partial charge >= 0.3 is 5.97 Å². The lowest BCUT2D eigenvalue weighted by atomic mass is 9.89. The molecule has 1 saturated heterocycles. The van der Waals surface area contributed by atoms with Crippen molar-refractivity contribution < 1.29 is 9.90 Å². The molecule has 1 aliphatic rings. The molecule has 0 spiro atoms. The third kappa shape index (κ3) is 5.99. The van der Waals surface area contributed by atoms with Crippen molar-refractivity contribution in [1.29, 1.82) is 0 Å². The molecule has 1 atom stereocenters. The number of carboxylic acids is 1. The van der Waals surface area contributed by atoms with Crippen molar-refractivity contribution in [2.45, 2.75) is 32.1 Å². The minimum Gasteiger partial charge on any atom is -0.481 e. The molecule has 0 bridgehead atoms. The van der Waals surface area contributed by atoms with Crippen LogP contribution in [0.2, 0.25) is 0 Å². The van der Waals surface area contributed by atoms with E-state index in [-0.39, 0.29) is 12.3 Å². The van der Waals surface area contributed by atoms with Gasteiger partial charge in [-0.05, 0) is 61.7 Å². The molecule has 0 aromatic heterocycles. The molecule has 0 saturated carbocycles. The van der Waals surface area contributed by atoms with Crippen LogP contribution >= 0.6 is 0 Å². The molecule has 3 nitrogen and oxygen atoms in total. The number of carbonyl (C=O) groups is 1. The fourth-order valence-electron chi connectivity index (χ4n) is 4.08. The Kier molecular flexibility index (Phi) is 6.84. The van der Waals surface area contributed by atoms with E-state index in [9.17, 15) is 9.90 Å². The number of benzene rings is 2. The number of hydrogen-bond acceptors (Lipinski definition) is 2. The number of hydrogen-bond donors (Lipinski definition) is 1. The number of nitrogens with zero attached hydrogens (tertiary/aromatic N) is 1. The maximum atomic E-state index is 11.3. The summed E-state index contributed by atoms with van der Waals surface area (Å²) in [6.07, 6.45) is 4.67. The Labute approximate surface area is 156 Å². The highest BCUT2D eigenvalue weighted by molar-refractivity contribution is 5.67. The van der Waals surface area contributed by atoms with Crippen LogP contribution in [0.5, 0.6) is 0 Å². The third-order valence-corrected chi connectivity index (χ3v) is 5.42. The maximum absolute atomic E-state index is 11.3. The molecule has 3 heteroatoms. The van der Waals surface area contributed by atoms with E-state index in [1.54, 1.807) is 0 Å². The highest BCUT2D eigenvalue weighted by atomic mass is 16.4. The standard InChI is InChI=1S/C23H29NO2/c25-23(26)17-22(16-20-9-5-2-6-10-20)18-24-13-11-21(12-14-24)15-19-7-3-1-4-8-19/h1-10,21-22H,11-18H2,(H,25,26). The Bertz CT molecular complexity index is 663. The molecule has 1 unspecified atom stereocenters. The average Bonchev–Trinajstić information content (AvgIpc) is 2.64. The van der Waals surface area contributed by atoms with E-state index >= 15 is 0 Å². The predicted molar refractivity (Wildman–Crippen MR) is 105 cm³/mol. The fourth-order valence-corrected chi connectivity index (χ4v) is 4.08. The van der Waals surface area contributed by atoms with Crippen LogP contribution in [0.4, 0.5) is 0 Å². The predicted octanol–water partition coefficient (Wildman–Crippen LogP) is 4.27. The monoisotopic (exact) mass is 351 g/mol. The van der Waals surface area contributed by atoms with Gasteiger partial charge < -0.3 is 10.0 Å². The fraction of sp³-hybridized carbons (Fsp3) is 0.435. The van der Waals surface area contributed by atoms with Gasteiger partial charge in [0.05, 0.1) is 0 Å². The molecule has 1 aliphatic heterocycles. The molecule has 0 radical (unpaired) electrons. The van der Waals surface area contributed by atoms with Gasteiger partial charge in [0.15, 0.2) is 0 Å². The minimum atomic E-state index is -0.690. The minimum absolute atomic E-state index is 0.181. The van der Waals surface area contributed by atoms with Crippen molar-refractivity contribution in [2.75, 3.05) is 19.6 Å². The summed E-state index contributed by atoms with van der Waals surface area (Å²) in [6, 6.07) is 21.0. The largest absolute Gasteiger partial charge is 0.481 e. The second kappa shape index (κ2) is 9.54. The Morgan fingerprint density at radius 2 is 1.54 bits per heavy atom. The summed E-state index contributed by atoms with van der Waals surface area (Å²) in [5, 5.41) is 9.28. The molecule has 1 heterocycles. The van der Waals surface area contributed by atoms with E-state index in [1.165, 1.54) is 24.0 Å². The van der Waals surface area contributed by atoms with Crippen LogP contribution in [0.15, 0.2) is 60.7 Å². The second-order valence-corrected chi connectivity index (χ2v) is 7.59. The molecular weight excluding hydrogens is 322 g/mol. The third-order valence-electron chi connectivity index (χ3n) is 5.42. The summed E-state index contributed by atoms with van der Waals surface area (Å²) in [6.45, 7) is 3.06. The van der Waals surface area contributed by atoms with Gasteiger partial charge in [-0.3, -0.25) is 4.79 Å². The first-order chi connectivity index (χ1) is 12.7. The van der Waals surface area contributed by atoms with Gasteiger partial charge in [0.25, 0.3) is 0 Å². The van der Waals surface area contributed by atoms with Crippen molar-refractivity contribution in [3.05, 3.63) is 71.8 Å². The number of rotatable bonds is 8. The Hall–Kier alpha value is -2.13. The molecule has 0 aliphatic carbocycles. The van der Waals surface area contributed by atoms with Crippen LogP contribution in [0.3, 0.4) is 0 Å². The van der Waals surface area contributed by atoms with E-state index < -0.39 is 5.97 Å². The SMILES string of the molecule is O=C(O)CC(Cc1ccccc1)CN1CCC(Cc2ccccc2)CC1. The van der Waals surface area contributed by atoms with E-state index in [4.69, 9.17) is 0 Å². The van der Waals surface area contributed by atoms with Gasteiger partial charge in [0, 0.05) is 13.0 Å². The summed E-state index contributed by atoms with van der Waals surface area (Å²) < 4.78 is 0. The first-order valence-electron chi connectivity index (χ1n) is 9.71. The molecule has 26 heavy (non-hydrogen) atoms. The normalized spacial score (nSPS) is 17.1. The number of piperidine rings is 1. The van der Waals surface area contributed by atoms with Crippen molar-refractivity contribution in [1.82, 2.24) is 4.90 Å². The van der Waals surface area contributed by atoms with Crippen molar-refractivity contribution in [3.8, 4) is 0 Å². The maximum Gasteiger partial charge on any atom is 0.303 e. The van der Waals surface area contributed by atoms with Gasteiger partial charge in [-0.1, -0.05) is 60.7 Å². The van der Waals surface area contributed by atoms with Crippen LogP contribution in [0.1, 0.15) is 30.4 Å². The molecule has 2 aromatic carbocycles. The second-order valence-electron chi connectivity index (χ2n) is 7.59. The highest BCUT2D eigenvalue weighted by Crippen LogP contribution is 2.23. The molecule has 1 N–H and O–H groups in total. The first kappa shape index (κ1) is 18.7.